The standard InChI is InChI=1S/C51H54F2N8O7/c52-34-26-32(27-35(53)29-34)25-31-11-14-41-40(28-31)47(58-57-41)56-48(64)38-13-12-37(30-42(38)54-36-17-23-68-24-18-36)59-19-21-60(22-20-59)45(63)10-5-3-1-2-4-7-33-8-6-9-39-46(33)51(67)61(50(39)66)43-15-16-44(62)55-49(43)65/h6,8-9,11-14,26-30,36,43,54H,1-5,7,10,15-25H2,(H,55,62,65)(H2,56,57,58,64). The number of nitrogens with zero attached hydrogens (tertiary/aromatic N) is 4. The van der Waals surface area contributed by atoms with E-state index in [1.54, 1.807) is 12.1 Å². The number of unbranched alkanes of at least 4 members (excludes halogenated alkanes) is 4. The third-order valence-electron chi connectivity index (χ3n) is 13.4. The van der Waals surface area contributed by atoms with Crippen LogP contribution in [-0.4, -0.2) is 107 Å². The second kappa shape index (κ2) is 20.5. The number of anilines is 3. The predicted molar refractivity (Wildman–Crippen MR) is 250 cm³/mol. The summed E-state index contributed by atoms with van der Waals surface area (Å²) in [4.78, 5) is 83.2. The lowest BCUT2D eigenvalue weighted by molar-refractivity contribution is -0.136. The number of aromatic nitrogens is 2. The molecule has 3 saturated heterocycles. The lowest BCUT2D eigenvalue weighted by Crippen LogP contribution is -2.54. The number of halogens is 2. The van der Waals surface area contributed by atoms with E-state index in [4.69, 9.17) is 4.74 Å². The minimum atomic E-state index is -0.996. The van der Waals surface area contributed by atoms with Gasteiger partial charge >= 0.3 is 0 Å². The Morgan fingerprint density at radius 3 is 2.34 bits per heavy atom. The summed E-state index contributed by atoms with van der Waals surface area (Å²) < 4.78 is 33.4. The highest BCUT2D eigenvalue weighted by Gasteiger charge is 2.45. The molecule has 0 bridgehead atoms. The SMILES string of the molecule is O=C1CCC(N2C(=O)c3cccc(CCCCCCCC(=O)N4CCN(c5ccc(C(=O)Nc6n[nH]c7ccc(Cc8cc(F)cc(F)c8)cc67)c(NC6CCOCC6)c5)CC4)c3C2=O)C(=O)N1. The summed E-state index contributed by atoms with van der Waals surface area (Å²) in [5, 5.41) is 16.8. The average Bonchev–Trinajstić information content (AvgIpc) is 3.84. The van der Waals surface area contributed by atoms with Gasteiger partial charge in [0.15, 0.2) is 5.82 Å². The Kier molecular flexibility index (Phi) is 13.9. The minimum absolute atomic E-state index is 0.0715. The number of imide groups is 2. The number of hydrogen-bond acceptors (Lipinski definition) is 10. The molecular formula is C51H54F2N8O7. The molecule has 17 heteroatoms. The van der Waals surface area contributed by atoms with Crippen molar-refractivity contribution in [2.45, 2.75) is 89.1 Å². The van der Waals surface area contributed by atoms with Gasteiger partial charge in [0.1, 0.15) is 17.7 Å². The van der Waals surface area contributed by atoms with Crippen LogP contribution in [0.25, 0.3) is 10.9 Å². The third-order valence-corrected chi connectivity index (χ3v) is 13.4. The van der Waals surface area contributed by atoms with Crippen molar-refractivity contribution in [2.24, 2.45) is 0 Å². The number of fused-ring (bicyclic) bond motifs is 2. The van der Waals surface area contributed by atoms with Crippen LogP contribution in [0.15, 0.2) is 72.8 Å². The highest BCUT2D eigenvalue weighted by atomic mass is 19.1. The van der Waals surface area contributed by atoms with Crippen LogP contribution in [0.3, 0.4) is 0 Å². The van der Waals surface area contributed by atoms with Crippen molar-refractivity contribution in [3.8, 4) is 0 Å². The number of carbonyl (C=O) groups excluding carboxylic acids is 6. The molecular weight excluding hydrogens is 875 g/mol. The largest absolute Gasteiger partial charge is 0.381 e. The number of nitrogens with one attached hydrogen (secondary N) is 4. The topological polar surface area (TPSA) is 186 Å². The van der Waals surface area contributed by atoms with E-state index in [0.717, 1.165) is 72.7 Å². The molecule has 4 aliphatic heterocycles. The van der Waals surface area contributed by atoms with E-state index in [-0.39, 0.29) is 30.7 Å². The maximum Gasteiger partial charge on any atom is 0.262 e. The zero-order valence-corrected chi connectivity index (χ0v) is 37.7. The van der Waals surface area contributed by atoms with E-state index in [9.17, 15) is 37.5 Å². The molecule has 0 saturated carbocycles. The maximum atomic E-state index is 14.0. The molecule has 4 N–H and O–H groups in total. The van der Waals surface area contributed by atoms with Crippen LogP contribution < -0.4 is 20.9 Å². The number of aryl methyl sites for hydroxylation is 1. The molecule has 0 aliphatic carbocycles. The molecule has 5 heterocycles. The molecule has 1 unspecified atom stereocenters. The van der Waals surface area contributed by atoms with Crippen LogP contribution in [0, 0.1) is 11.6 Å². The number of benzene rings is 4. The number of piperidine rings is 1. The Labute approximate surface area is 391 Å². The number of aromatic amines is 1. The first-order chi connectivity index (χ1) is 33.0. The smallest absolute Gasteiger partial charge is 0.262 e. The van der Waals surface area contributed by atoms with Gasteiger partial charge in [-0.3, -0.25) is 44.1 Å². The fourth-order valence-electron chi connectivity index (χ4n) is 9.79. The van der Waals surface area contributed by atoms with Gasteiger partial charge in [0.25, 0.3) is 17.7 Å². The zero-order valence-electron chi connectivity index (χ0n) is 37.7. The van der Waals surface area contributed by atoms with Gasteiger partial charge in [-0.25, -0.2) is 8.78 Å². The Bertz CT molecular complexity index is 2740. The number of rotatable bonds is 16. The van der Waals surface area contributed by atoms with Crippen molar-refractivity contribution in [3.05, 3.63) is 118 Å². The third kappa shape index (κ3) is 10.3. The Hall–Kier alpha value is -7.01. The van der Waals surface area contributed by atoms with E-state index < -0.39 is 41.3 Å². The normalized spacial score (nSPS) is 17.7. The maximum absolute atomic E-state index is 14.0. The summed E-state index contributed by atoms with van der Waals surface area (Å²) in [6, 6.07) is 19.0. The van der Waals surface area contributed by atoms with Crippen molar-refractivity contribution in [3.63, 3.8) is 0 Å². The molecule has 1 atom stereocenters. The minimum Gasteiger partial charge on any atom is -0.381 e. The Morgan fingerprint density at radius 1 is 0.794 bits per heavy atom. The van der Waals surface area contributed by atoms with Crippen molar-refractivity contribution >= 4 is 63.5 Å². The fourth-order valence-corrected chi connectivity index (χ4v) is 9.79. The van der Waals surface area contributed by atoms with E-state index >= 15 is 0 Å². The summed E-state index contributed by atoms with van der Waals surface area (Å²) in [6.45, 7) is 3.68. The van der Waals surface area contributed by atoms with Crippen LogP contribution in [-0.2, 0) is 32.0 Å². The first-order valence-corrected chi connectivity index (χ1v) is 23.6. The van der Waals surface area contributed by atoms with Crippen molar-refractivity contribution in [2.75, 3.05) is 54.9 Å². The highest BCUT2D eigenvalue weighted by molar-refractivity contribution is 6.24. The molecule has 15 nitrogen and oxygen atoms in total. The average molecular weight is 929 g/mol. The molecule has 6 amide bonds. The Morgan fingerprint density at radius 2 is 1.56 bits per heavy atom. The van der Waals surface area contributed by atoms with E-state index in [1.807, 2.05) is 47.4 Å². The van der Waals surface area contributed by atoms with Gasteiger partial charge < -0.3 is 25.2 Å². The number of amides is 6. The van der Waals surface area contributed by atoms with Gasteiger partial charge in [0.05, 0.1) is 22.2 Å². The molecule has 354 valence electrons. The van der Waals surface area contributed by atoms with Crippen LogP contribution in [0.4, 0.5) is 26.0 Å². The molecule has 4 aliphatic rings. The molecule has 9 rings (SSSR count). The summed E-state index contributed by atoms with van der Waals surface area (Å²) >= 11 is 0. The van der Waals surface area contributed by atoms with Crippen LogP contribution >= 0.6 is 0 Å². The van der Waals surface area contributed by atoms with E-state index in [2.05, 4.69) is 31.0 Å². The quantitative estimate of drug-likeness (QED) is 0.0599. The summed E-state index contributed by atoms with van der Waals surface area (Å²) in [5.41, 5.74) is 5.48. The van der Waals surface area contributed by atoms with Gasteiger partial charge in [-0.2, -0.15) is 5.10 Å². The second-order valence-electron chi connectivity index (χ2n) is 18.0. The number of ether oxygens (including phenoxy) is 1. The van der Waals surface area contributed by atoms with Gasteiger partial charge in [-0.05, 0) is 110 Å². The molecule has 68 heavy (non-hydrogen) atoms. The fraction of sp³-hybridized carbons (Fsp3) is 0.392. The number of carbonyl (C=O) groups is 6. The van der Waals surface area contributed by atoms with Crippen LogP contribution in [0.2, 0.25) is 0 Å². The van der Waals surface area contributed by atoms with Crippen molar-refractivity contribution < 1.29 is 42.3 Å². The summed E-state index contributed by atoms with van der Waals surface area (Å²) in [7, 11) is 0. The van der Waals surface area contributed by atoms with Crippen molar-refractivity contribution in [1.82, 2.24) is 25.3 Å². The molecule has 5 aromatic rings. The van der Waals surface area contributed by atoms with Gasteiger partial charge in [-0.15, -0.1) is 0 Å². The first kappa shape index (κ1) is 46.1. The number of piperazine rings is 1. The van der Waals surface area contributed by atoms with Gasteiger partial charge in [0, 0.05) is 81.1 Å². The molecule has 0 spiro atoms. The molecule has 0 radical (unpaired) electrons. The van der Waals surface area contributed by atoms with Crippen molar-refractivity contribution in [1.29, 1.82) is 0 Å². The Balaban J connectivity index is 0.754. The first-order valence-electron chi connectivity index (χ1n) is 23.6. The van der Waals surface area contributed by atoms with E-state index in [0.29, 0.717) is 103 Å². The summed E-state index contributed by atoms with van der Waals surface area (Å²) in [6.07, 6.45) is 7.41. The highest BCUT2D eigenvalue weighted by Crippen LogP contribution is 2.32. The lowest BCUT2D eigenvalue weighted by Gasteiger charge is -2.36. The summed E-state index contributed by atoms with van der Waals surface area (Å²) in [5.74, 6) is -3.19. The molecule has 4 aromatic carbocycles. The van der Waals surface area contributed by atoms with E-state index in [1.165, 1.54) is 12.1 Å². The monoisotopic (exact) mass is 928 g/mol. The second-order valence-corrected chi connectivity index (χ2v) is 18.0. The molecule has 3 fully saturated rings. The molecule has 1 aromatic heterocycles. The zero-order chi connectivity index (χ0) is 47.3. The number of H-pyrrole nitrogens is 1. The number of hydrogen-bond donors (Lipinski definition) is 4. The van der Waals surface area contributed by atoms with Crippen LogP contribution in [0.1, 0.15) is 112 Å². The van der Waals surface area contributed by atoms with Gasteiger partial charge in [-0.1, -0.05) is 37.5 Å². The van der Waals surface area contributed by atoms with Gasteiger partial charge in [0.2, 0.25) is 17.7 Å². The van der Waals surface area contributed by atoms with Crippen LogP contribution in [0.5, 0.6) is 0 Å². The lowest BCUT2D eigenvalue weighted by atomic mass is 9.97. The predicted octanol–water partition coefficient (Wildman–Crippen LogP) is 6.91.